The Labute approximate surface area is 102 Å². The van der Waals surface area contributed by atoms with Gasteiger partial charge in [-0.1, -0.05) is 15.9 Å². The summed E-state index contributed by atoms with van der Waals surface area (Å²) in [5.41, 5.74) is 7.75. The van der Waals surface area contributed by atoms with Crippen LogP contribution >= 0.6 is 28.3 Å². The highest BCUT2D eigenvalue weighted by Gasteiger charge is 2.10. The van der Waals surface area contributed by atoms with E-state index < -0.39 is 0 Å². The molecule has 2 aromatic rings. The summed E-state index contributed by atoms with van der Waals surface area (Å²) in [6.07, 6.45) is 1.85. The van der Waals surface area contributed by atoms with Crippen LogP contribution in [0.4, 0.5) is 0 Å². The fraction of sp³-hybridized carbons (Fsp3) is 0.200. The number of H-pyrrole nitrogens is 1. The van der Waals surface area contributed by atoms with E-state index in [0.29, 0.717) is 0 Å². The first-order valence-electron chi connectivity index (χ1n) is 4.35. The van der Waals surface area contributed by atoms with Crippen molar-refractivity contribution in [2.75, 3.05) is 6.61 Å². The van der Waals surface area contributed by atoms with Gasteiger partial charge in [0.15, 0.2) is 0 Å². The molecule has 1 atom stereocenters. The normalized spacial score (nSPS) is 12.5. The molecule has 5 heteroatoms. The summed E-state index contributed by atoms with van der Waals surface area (Å²) in [6, 6.07) is 5.62. The maximum Gasteiger partial charge on any atom is 0.0625 e. The van der Waals surface area contributed by atoms with Crippen LogP contribution in [0.3, 0.4) is 0 Å². The largest absolute Gasteiger partial charge is 0.394 e. The topological polar surface area (TPSA) is 62.0 Å². The van der Waals surface area contributed by atoms with E-state index in [1.54, 1.807) is 0 Å². The highest BCUT2D eigenvalue weighted by atomic mass is 79.9. The minimum absolute atomic E-state index is 0. The lowest BCUT2D eigenvalue weighted by Crippen LogP contribution is -2.13. The number of nitrogens with one attached hydrogen (secondary N) is 1. The van der Waals surface area contributed by atoms with Gasteiger partial charge in [0.05, 0.1) is 12.6 Å². The van der Waals surface area contributed by atoms with Crippen molar-refractivity contribution in [1.29, 1.82) is 0 Å². The van der Waals surface area contributed by atoms with Crippen LogP contribution < -0.4 is 5.73 Å². The van der Waals surface area contributed by atoms with Crippen molar-refractivity contribution in [1.82, 2.24) is 4.98 Å². The summed E-state index contributed by atoms with van der Waals surface area (Å²) in [7, 11) is 0. The van der Waals surface area contributed by atoms with Gasteiger partial charge >= 0.3 is 0 Å². The molecule has 0 fully saturated rings. The number of aromatic nitrogens is 1. The number of halogens is 2. The molecule has 0 amide bonds. The van der Waals surface area contributed by atoms with Gasteiger partial charge in [-0.3, -0.25) is 0 Å². The first-order chi connectivity index (χ1) is 6.72. The van der Waals surface area contributed by atoms with Gasteiger partial charge in [-0.25, -0.2) is 0 Å². The lowest BCUT2D eigenvalue weighted by Gasteiger charge is -2.05. The smallest absolute Gasteiger partial charge is 0.0625 e. The third-order valence-electron chi connectivity index (χ3n) is 2.27. The third-order valence-corrected chi connectivity index (χ3v) is 2.77. The molecule has 15 heavy (non-hydrogen) atoms. The third kappa shape index (κ3) is 2.34. The molecule has 0 saturated carbocycles. The number of aromatic amines is 1. The van der Waals surface area contributed by atoms with Crippen LogP contribution in [0.15, 0.2) is 28.9 Å². The van der Waals surface area contributed by atoms with Crippen molar-refractivity contribution in [2.24, 2.45) is 5.73 Å². The Morgan fingerprint density at radius 3 is 2.87 bits per heavy atom. The molecule has 82 valence electrons. The highest BCUT2D eigenvalue weighted by molar-refractivity contribution is 9.10. The summed E-state index contributed by atoms with van der Waals surface area (Å²) >= 11 is 3.41. The zero-order valence-corrected chi connectivity index (χ0v) is 10.3. The predicted molar refractivity (Wildman–Crippen MR) is 67.3 cm³/mol. The molecular formula is C10H12BrClN2O. The number of hydrogen-bond acceptors (Lipinski definition) is 2. The number of aliphatic hydroxyl groups excluding tert-OH is 1. The predicted octanol–water partition coefficient (Wildman–Crippen LogP) is 2.34. The molecule has 0 unspecified atom stereocenters. The van der Waals surface area contributed by atoms with Crippen molar-refractivity contribution >= 4 is 39.2 Å². The number of aliphatic hydroxyl groups is 1. The second-order valence-electron chi connectivity index (χ2n) is 3.22. The number of fused-ring (bicyclic) bond motifs is 1. The van der Waals surface area contributed by atoms with E-state index >= 15 is 0 Å². The Bertz CT molecular complexity index is 458. The van der Waals surface area contributed by atoms with Gasteiger partial charge < -0.3 is 15.8 Å². The molecule has 0 bridgehead atoms. The molecule has 1 aromatic heterocycles. The van der Waals surface area contributed by atoms with Crippen molar-refractivity contribution < 1.29 is 5.11 Å². The first kappa shape index (κ1) is 12.5. The quantitative estimate of drug-likeness (QED) is 0.795. The standard InChI is InChI=1S/C10H11BrN2O.ClH/c11-6-1-2-10-7(3-6)8(4-13-10)9(12)5-14;/h1-4,9,13-14H,5,12H2;1H/t9-;/m0./s1. The molecule has 1 heterocycles. The molecule has 2 rings (SSSR count). The van der Waals surface area contributed by atoms with E-state index in [2.05, 4.69) is 20.9 Å². The molecule has 0 aliphatic rings. The number of rotatable bonds is 2. The zero-order chi connectivity index (χ0) is 10.1. The second-order valence-corrected chi connectivity index (χ2v) is 4.14. The zero-order valence-electron chi connectivity index (χ0n) is 7.90. The van der Waals surface area contributed by atoms with Gasteiger partial charge in [-0.15, -0.1) is 12.4 Å². The molecule has 1 aromatic carbocycles. The van der Waals surface area contributed by atoms with Crippen LogP contribution in [-0.2, 0) is 0 Å². The maximum absolute atomic E-state index is 8.98. The molecule has 0 saturated heterocycles. The Kier molecular flexibility index (Phi) is 4.16. The summed E-state index contributed by atoms with van der Waals surface area (Å²) in [6.45, 7) is -0.0422. The fourth-order valence-electron chi connectivity index (χ4n) is 1.52. The lowest BCUT2D eigenvalue weighted by atomic mass is 10.1. The molecule has 3 nitrogen and oxygen atoms in total. The summed E-state index contributed by atoms with van der Waals surface area (Å²) in [4.78, 5) is 3.12. The Morgan fingerprint density at radius 2 is 2.20 bits per heavy atom. The molecule has 4 N–H and O–H groups in total. The number of nitrogens with two attached hydrogens (primary N) is 1. The van der Waals surface area contributed by atoms with E-state index in [-0.39, 0.29) is 25.1 Å². The van der Waals surface area contributed by atoms with Crippen LogP contribution in [0.25, 0.3) is 10.9 Å². The monoisotopic (exact) mass is 290 g/mol. The summed E-state index contributed by atoms with van der Waals surface area (Å²) < 4.78 is 1.01. The van der Waals surface area contributed by atoms with Gasteiger partial charge in [0.25, 0.3) is 0 Å². The highest BCUT2D eigenvalue weighted by Crippen LogP contribution is 2.25. The summed E-state index contributed by atoms with van der Waals surface area (Å²) in [5.74, 6) is 0. The molecule has 0 aliphatic heterocycles. The van der Waals surface area contributed by atoms with Crippen LogP contribution in [0.5, 0.6) is 0 Å². The van der Waals surface area contributed by atoms with E-state index in [0.717, 1.165) is 20.9 Å². The number of hydrogen-bond donors (Lipinski definition) is 3. The minimum Gasteiger partial charge on any atom is -0.394 e. The first-order valence-corrected chi connectivity index (χ1v) is 5.14. The Morgan fingerprint density at radius 1 is 1.47 bits per heavy atom. The maximum atomic E-state index is 8.98. The number of benzene rings is 1. The van der Waals surface area contributed by atoms with Crippen LogP contribution in [0, 0.1) is 0 Å². The van der Waals surface area contributed by atoms with E-state index in [9.17, 15) is 0 Å². The van der Waals surface area contributed by atoms with Crippen LogP contribution in [0.1, 0.15) is 11.6 Å². The van der Waals surface area contributed by atoms with Gasteiger partial charge in [0.1, 0.15) is 0 Å². The van der Waals surface area contributed by atoms with Gasteiger partial charge in [0, 0.05) is 21.6 Å². The SMILES string of the molecule is Cl.N[C@@H](CO)c1c[nH]c2ccc(Br)cc12. The average Bonchev–Trinajstić information content (AvgIpc) is 2.59. The molecule has 0 radical (unpaired) electrons. The molecular weight excluding hydrogens is 279 g/mol. The Hall–Kier alpha value is -0.550. The van der Waals surface area contributed by atoms with E-state index in [4.69, 9.17) is 10.8 Å². The average molecular weight is 292 g/mol. The lowest BCUT2D eigenvalue weighted by molar-refractivity contribution is 0.268. The summed E-state index contributed by atoms with van der Waals surface area (Å²) in [5, 5.41) is 10.0. The van der Waals surface area contributed by atoms with Gasteiger partial charge in [-0.05, 0) is 23.8 Å². The van der Waals surface area contributed by atoms with Crippen molar-refractivity contribution in [3.63, 3.8) is 0 Å². The van der Waals surface area contributed by atoms with Gasteiger partial charge in [-0.2, -0.15) is 0 Å². The van der Waals surface area contributed by atoms with Crippen LogP contribution in [-0.4, -0.2) is 16.7 Å². The van der Waals surface area contributed by atoms with Crippen molar-refractivity contribution in [2.45, 2.75) is 6.04 Å². The van der Waals surface area contributed by atoms with E-state index in [1.165, 1.54) is 0 Å². The fourth-order valence-corrected chi connectivity index (χ4v) is 1.88. The minimum atomic E-state index is -0.321. The van der Waals surface area contributed by atoms with Crippen molar-refractivity contribution in [3.05, 3.63) is 34.4 Å². The van der Waals surface area contributed by atoms with Gasteiger partial charge in [0.2, 0.25) is 0 Å². The van der Waals surface area contributed by atoms with E-state index in [1.807, 2.05) is 24.4 Å². The molecule has 0 spiro atoms. The molecule has 0 aliphatic carbocycles. The van der Waals surface area contributed by atoms with Crippen molar-refractivity contribution in [3.8, 4) is 0 Å². The Balaban J connectivity index is 0.00000112. The second kappa shape index (κ2) is 4.99. The van der Waals surface area contributed by atoms with Crippen LogP contribution in [0.2, 0.25) is 0 Å².